The second-order valence-electron chi connectivity index (χ2n) is 4.65. The lowest BCUT2D eigenvalue weighted by Crippen LogP contribution is -2.32. The monoisotopic (exact) mass is 248 g/mol. The normalized spacial score (nSPS) is 22.7. The lowest BCUT2D eigenvalue weighted by Gasteiger charge is -2.20. The van der Waals surface area contributed by atoms with Crippen LogP contribution < -0.4 is 4.90 Å². The highest BCUT2D eigenvalue weighted by Crippen LogP contribution is 2.32. The van der Waals surface area contributed by atoms with Gasteiger partial charge in [0.25, 0.3) is 0 Å². The van der Waals surface area contributed by atoms with Gasteiger partial charge in [0.2, 0.25) is 5.91 Å². The van der Waals surface area contributed by atoms with Gasteiger partial charge >= 0.3 is 5.97 Å². The molecule has 2 atom stereocenters. The second-order valence-corrected chi connectivity index (χ2v) is 4.65. The van der Waals surface area contributed by atoms with Crippen molar-refractivity contribution in [3.05, 3.63) is 24.5 Å². The minimum absolute atomic E-state index is 0.0215. The van der Waals surface area contributed by atoms with E-state index < -0.39 is 5.97 Å². The van der Waals surface area contributed by atoms with Gasteiger partial charge in [-0.1, -0.05) is 0 Å². The molecule has 1 amide bonds. The van der Waals surface area contributed by atoms with Crippen LogP contribution in [0.2, 0.25) is 0 Å². The molecule has 2 unspecified atom stereocenters. The molecule has 0 radical (unpaired) electrons. The van der Waals surface area contributed by atoms with E-state index in [1.54, 1.807) is 30.4 Å². The molecule has 5 nitrogen and oxygen atoms in total. The summed E-state index contributed by atoms with van der Waals surface area (Å²) >= 11 is 0. The van der Waals surface area contributed by atoms with E-state index in [1.165, 1.54) is 0 Å². The number of carboxylic acid groups (broad SMARTS) is 1. The number of carbonyl (C=O) groups is 2. The van der Waals surface area contributed by atoms with E-state index in [4.69, 9.17) is 5.11 Å². The third-order valence-corrected chi connectivity index (χ3v) is 3.49. The fourth-order valence-corrected chi connectivity index (χ4v) is 2.38. The van der Waals surface area contributed by atoms with Crippen molar-refractivity contribution >= 4 is 17.6 Å². The third kappa shape index (κ3) is 2.50. The molecule has 1 aromatic heterocycles. The molecule has 0 spiro atoms. The number of rotatable bonds is 3. The summed E-state index contributed by atoms with van der Waals surface area (Å²) in [5, 5.41) is 8.93. The molecule has 0 aromatic carbocycles. The van der Waals surface area contributed by atoms with Gasteiger partial charge in [-0.15, -0.1) is 0 Å². The fraction of sp³-hybridized carbons (Fsp3) is 0.462. The van der Waals surface area contributed by atoms with Crippen molar-refractivity contribution < 1.29 is 14.7 Å². The smallest absolute Gasteiger partial charge is 0.306 e. The standard InChI is InChI=1S/C13H16N2O3/c1-15(11-3-2-6-14-8-11)12(16)9-4-5-10(7-9)13(17)18/h2-3,6,8-10H,4-5,7H2,1H3,(H,17,18). The van der Waals surface area contributed by atoms with Gasteiger partial charge in [-0.05, 0) is 31.4 Å². The largest absolute Gasteiger partial charge is 0.481 e. The molecule has 1 saturated carbocycles. The number of hydrogen-bond donors (Lipinski definition) is 1. The summed E-state index contributed by atoms with van der Waals surface area (Å²) in [6.45, 7) is 0. The van der Waals surface area contributed by atoms with Crippen LogP contribution in [-0.2, 0) is 9.59 Å². The topological polar surface area (TPSA) is 70.5 Å². The Morgan fingerprint density at radius 2 is 2.11 bits per heavy atom. The number of nitrogens with zero attached hydrogens (tertiary/aromatic N) is 2. The van der Waals surface area contributed by atoms with E-state index in [-0.39, 0.29) is 17.7 Å². The molecule has 1 fully saturated rings. The average Bonchev–Trinajstić information content (AvgIpc) is 2.88. The number of aromatic nitrogens is 1. The van der Waals surface area contributed by atoms with Crippen LogP contribution in [0.3, 0.4) is 0 Å². The van der Waals surface area contributed by atoms with Gasteiger partial charge in [-0.25, -0.2) is 0 Å². The van der Waals surface area contributed by atoms with Gasteiger partial charge < -0.3 is 10.0 Å². The highest BCUT2D eigenvalue weighted by atomic mass is 16.4. The van der Waals surface area contributed by atoms with Crippen LogP contribution in [0.25, 0.3) is 0 Å². The SMILES string of the molecule is CN(C(=O)C1CCC(C(=O)O)C1)c1cccnc1. The average molecular weight is 248 g/mol. The first kappa shape index (κ1) is 12.5. The highest BCUT2D eigenvalue weighted by molar-refractivity contribution is 5.94. The molecule has 1 aromatic rings. The predicted octanol–water partition coefficient (Wildman–Crippen LogP) is 1.55. The first-order valence-electron chi connectivity index (χ1n) is 6.00. The molecule has 1 aliphatic rings. The summed E-state index contributed by atoms with van der Waals surface area (Å²) in [6, 6.07) is 3.59. The number of carbonyl (C=O) groups excluding carboxylic acids is 1. The van der Waals surface area contributed by atoms with Crippen LogP contribution in [0, 0.1) is 11.8 Å². The van der Waals surface area contributed by atoms with Gasteiger partial charge in [0.1, 0.15) is 0 Å². The van der Waals surface area contributed by atoms with E-state index in [1.807, 2.05) is 6.07 Å². The van der Waals surface area contributed by atoms with Crippen LogP contribution in [0.15, 0.2) is 24.5 Å². The lowest BCUT2D eigenvalue weighted by molar-refractivity contribution is -0.141. The number of anilines is 1. The lowest BCUT2D eigenvalue weighted by atomic mass is 10.0. The first-order valence-corrected chi connectivity index (χ1v) is 6.00. The quantitative estimate of drug-likeness (QED) is 0.881. The minimum Gasteiger partial charge on any atom is -0.481 e. The second kappa shape index (κ2) is 5.16. The maximum atomic E-state index is 12.2. The number of hydrogen-bond acceptors (Lipinski definition) is 3. The summed E-state index contributed by atoms with van der Waals surface area (Å²) in [7, 11) is 1.70. The Kier molecular flexibility index (Phi) is 3.60. The Hall–Kier alpha value is -1.91. The van der Waals surface area contributed by atoms with E-state index in [0.717, 1.165) is 5.69 Å². The van der Waals surface area contributed by atoms with Gasteiger partial charge in [0, 0.05) is 19.2 Å². The number of pyridine rings is 1. The number of aliphatic carboxylic acids is 1. The summed E-state index contributed by atoms with van der Waals surface area (Å²) in [4.78, 5) is 28.6. The van der Waals surface area contributed by atoms with Crippen molar-refractivity contribution in [2.45, 2.75) is 19.3 Å². The molecule has 5 heteroatoms. The van der Waals surface area contributed by atoms with Crippen molar-refractivity contribution in [3.8, 4) is 0 Å². The van der Waals surface area contributed by atoms with Gasteiger partial charge in [0.15, 0.2) is 0 Å². The molecule has 0 aliphatic heterocycles. The van der Waals surface area contributed by atoms with Crippen LogP contribution in [0.4, 0.5) is 5.69 Å². The molecule has 1 N–H and O–H groups in total. The molecule has 18 heavy (non-hydrogen) atoms. The van der Waals surface area contributed by atoms with Crippen LogP contribution in [-0.4, -0.2) is 29.0 Å². The van der Waals surface area contributed by atoms with Crippen molar-refractivity contribution in [2.75, 3.05) is 11.9 Å². The van der Waals surface area contributed by atoms with Crippen molar-refractivity contribution in [2.24, 2.45) is 11.8 Å². The van der Waals surface area contributed by atoms with Crippen LogP contribution in [0.5, 0.6) is 0 Å². The van der Waals surface area contributed by atoms with Crippen molar-refractivity contribution in [1.82, 2.24) is 4.98 Å². The first-order chi connectivity index (χ1) is 8.59. The van der Waals surface area contributed by atoms with E-state index >= 15 is 0 Å². The Morgan fingerprint density at radius 1 is 1.39 bits per heavy atom. The van der Waals surface area contributed by atoms with E-state index in [9.17, 15) is 9.59 Å². The zero-order chi connectivity index (χ0) is 13.1. The molecule has 1 heterocycles. The van der Waals surface area contributed by atoms with Crippen LogP contribution >= 0.6 is 0 Å². The predicted molar refractivity (Wildman–Crippen MR) is 66.1 cm³/mol. The fourth-order valence-electron chi connectivity index (χ4n) is 2.38. The summed E-state index contributed by atoms with van der Waals surface area (Å²) < 4.78 is 0. The molecular weight excluding hydrogens is 232 g/mol. The number of carboxylic acids is 1. The molecule has 1 aliphatic carbocycles. The Morgan fingerprint density at radius 3 is 2.67 bits per heavy atom. The Labute approximate surface area is 105 Å². The van der Waals surface area contributed by atoms with Crippen molar-refractivity contribution in [1.29, 1.82) is 0 Å². The van der Waals surface area contributed by atoms with Crippen LogP contribution in [0.1, 0.15) is 19.3 Å². The molecule has 96 valence electrons. The molecule has 0 bridgehead atoms. The van der Waals surface area contributed by atoms with E-state index in [2.05, 4.69) is 4.98 Å². The third-order valence-electron chi connectivity index (χ3n) is 3.49. The molecule has 0 saturated heterocycles. The van der Waals surface area contributed by atoms with Gasteiger partial charge in [-0.2, -0.15) is 0 Å². The summed E-state index contributed by atoms with van der Waals surface area (Å²) in [5.41, 5.74) is 0.737. The maximum Gasteiger partial charge on any atom is 0.306 e. The van der Waals surface area contributed by atoms with E-state index in [0.29, 0.717) is 19.3 Å². The minimum atomic E-state index is -0.797. The summed E-state index contributed by atoms with van der Waals surface area (Å²) in [5.74, 6) is -1.38. The maximum absolute atomic E-state index is 12.2. The number of amides is 1. The summed E-state index contributed by atoms with van der Waals surface area (Å²) in [6.07, 6.45) is 4.96. The zero-order valence-electron chi connectivity index (χ0n) is 10.2. The highest BCUT2D eigenvalue weighted by Gasteiger charge is 2.35. The Balaban J connectivity index is 2.02. The van der Waals surface area contributed by atoms with Gasteiger partial charge in [-0.3, -0.25) is 14.6 Å². The molecule has 2 rings (SSSR count). The Bertz CT molecular complexity index is 447. The molecular formula is C13H16N2O3. The van der Waals surface area contributed by atoms with Crippen molar-refractivity contribution in [3.63, 3.8) is 0 Å². The van der Waals surface area contributed by atoms with Gasteiger partial charge in [0.05, 0.1) is 17.8 Å². The zero-order valence-corrected chi connectivity index (χ0v) is 10.2.